The van der Waals surface area contributed by atoms with E-state index in [1.807, 2.05) is 6.92 Å². The quantitative estimate of drug-likeness (QED) is 0.468. The van der Waals surface area contributed by atoms with E-state index in [0.717, 1.165) is 18.2 Å². The second kappa shape index (κ2) is 7.05. The van der Waals surface area contributed by atoms with E-state index in [4.69, 9.17) is 5.73 Å². The fraction of sp³-hybridized carbons (Fsp3) is 0.455. The average molecular weight is 285 g/mol. The lowest BCUT2D eigenvalue weighted by molar-refractivity contribution is -0.394. The van der Waals surface area contributed by atoms with E-state index in [1.165, 1.54) is 23.9 Å². The molecule has 1 rings (SSSR count). The highest BCUT2D eigenvalue weighted by Gasteiger charge is 2.18. The number of benzene rings is 1. The largest absolute Gasteiger partial charge is 0.328 e. The Labute approximate surface area is 114 Å². The summed E-state index contributed by atoms with van der Waals surface area (Å²) in [6, 6.07) is 3.82. The molecule has 0 aliphatic heterocycles. The number of non-ortho nitro benzene ring substituents is 1. The zero-order valence-electron chi connectivity index (χ0n) is 10.4. The van der Waals surface area contributed by atoms with Crippen molar-refractivity contribution in [2.75, 3.05) is 5.75 Å². The second-order valence-corrected chi connectivity index (χ2v) is 5.25. The van der Waals surface area contributed by atoms with Crippen LogP contribution in [-0.4, -0.2) is 21.6 Å². The van der Waals surface area contributed by atoms with Gasteiger partial charge in [0.2, 0.25) is 0 Å². The van der Waals surface area contributed by atoms with Gasteiger partial charge in [0, 0.05) is 23.4 Å². The summed E-state index contributed by atoms with van der Waals surface area (Å²) in [5.74, 6) is 1.24. The molecule has 0 fully saturated rings. The Morgan fingerprint density at radius 1 is 1.32 bits per heavy atom. The maximum Gasteiger partial charge on any atom is 0.280 e. The van der Waals surface area contributed by atoms with Crippen molar-refractivity contribution in [2.24, 2.45) is 5.73 Å². The van der Waals surface area contributed by atoms with E-state index in [2.05, 4.69) is 0 Å². The summed E-state index contributed by atoms with van der Waals surface area (Å²) in [6.45, 7) is 1.90. The van der Waals surface area contributed by atoms with Gasteiger partial charge in [0.25, 0.3) is 11.4 Å². The molecule has 0 radical (unpaired) electrons. The first kappa shape index (κ1) is 15.4. The highest BCUT2D eigenvalue weighted by molar-refractivity contribution is 7.98. The average Bonchev–Trinajstić information content (AvgIpc) is 2.34. The summed E-state index contributed by atoms with van der Waals surface area (Å²) in [5, 5.41) is 21.5. The fourth-order valence-corrected chi connectivity index (χ4v) is 2.56. The van der Waals surface area contributed by atoms with E-state index in [-0.39, 0.29) is 17.4 Å². The summed E-state index contributed by atoms with van der Waals surface area (Å²) < 4.78 is 0. The maximum absolute atomic E-state index is 10.9. The lowest BCUT2D eigenvalue weighted by atomic mass is 10.2. The third-order valence-corrected chi connectivity index (χ3v) is 3.49. The molecule has 2 N–H and O–H groups in total. The van der Waals surface area contributed by atoms with Gasteiger partial charge in [-0.2, -0.15) is 11.8 Å². The summed E-state index contributed by atoms with van der Waals surface area (Å²) in [7, 11) is 0. The van der Waals surface area contributed by atoms with E-state index in [9.17, 15) is 20.2 Å². The summed E-state index contributed by atoms with van der Waals surface area (Å²) >= 11 is 1.53. The first-order valence-electron chi connectivity index (χ1n) is 5.67. The minimum atomic E-state index is -0.639. The SMILES string of the molecule is CC(N)CCSCc1ccc([N+](=O)[O-])cc1[N+](=O)[O-]. The van der Waals surface area contributed by atoms with Gasteiger partial charge in [0.05, 0.1) is 15.9 Å². The Bertz CT molecular complexity index is 479. The molecule has 19 heavy (non-hydrogen) atoms. The van der Waals surface area contributed by atoms with Crippen LogP contribution in [0.25, 0.3) is 0 Å². The first-order chi connectivity index (χ1) is 8.91. The van der Waals surface area contributed by atoms with E-state index in [1.54, 1.807) is 0 Å². The smallest absolute Gasteiger partial charge is 0.280 e. The van der Waals surface area contributed by atoms with Crippen molar-refractivity contribution in [1.82, 2.24) is 0 Å². The fourth-order valence-electron chi connectivity index (χ4n) is 1.41. The minimum Gasteiger partial charge on any atom is -0.328 e. The molecule has 0 aliphatic carbocycles. The third-order valence-electron chi connectivity index (χ3n) is 2.45. The molecule has 1 atom stereocenters. The molecule has 0 saturated heterocycles. The van der Waals surface area contributed by atoms with Crippen LogP contribution in [0.1, 0.15) is 18.9 Å². The summed E-state index contributed by atoms with van der Waals surface area (Å²) in [6.07, 6.45) is 0.825. The number of rotatable bonds is 7. The van der Waals surface area contributed by atoms with Crippen molar-refractivity contribution in [1.29, 1.82) is 0 Å². The Hall–Kier alpha value is -1.67. The van der Waals surface area contributed by atoms with Gasteiger partial charge < -0.3 is 5.73 Å². The zero-order valence-corrected chi connectivity index (χ0v) is 11.3. The lowest BCUT2D eigenvalue weighted by Crippen LogP contribution is -2.15. The Morgan fingerprint density at radius 3 is 2.53 bits per heavy atom. The number of nitrogens with zero attached hydrogens (tertiary/aromatic N) is 2. The molecule has 0 amide bonds. The molecular weight excluding hydrogens is 270 g/mol. The number of thioether (sulfide) groups is 1. The molecule has 8 heteroatoms. The molecule has 1 aromatic rings. The van der Waals surface area contributed by atoms with Crippen LogP contribution in [0.2, 0.25) is 0 Å². The van der Waals surface area contributed by atoms with Crippen LogP contribution < -0.4 is 5.73 Å². The molecule has 1 aromatic carbocycles. The molecule has 7 nitrogen and oxygen atoms in total. The monoisotopic (exact) mass is 285 g/mol. The number of hydrogen-bond donors (Lipinski definition) is 1. The van der Waals surface area contributed by atoms with Crippen molar-refractivity contribution < 1.29 is 9.85 Å². The van der Waals surface area contributed by atoms with Crippen LogP contribution in [0.4, 0.5) is 11.4 Å². The van der Waals surface area contributed by atoms with Crippen molar-refractivity contribution in [3.05, 3.63) is 44.0 Å². The highest BCUT2D eigenvalue weighted by Crippen LogP contribution is 2.27. The number of nitro groups is 2. The van der Waals surface area contributed by atoms with Crippen LogP contribution in [0, 0.1) is 20.2 Å². The Balaban J connectivity index is 2.77. The minimum absolute atomic E-state index is 0.0966. The predicted octanol–water partition coefficient (Wildman–Crippen LogP) is 2.47. The van der Waals surface area contributed by atoms with Gasteiger partial charge >= 0.3 is 0 Å². The topological polar surface area (TPSA) is 112 Å². The van der Waals surface area contributed by atoms with Gasteiger partial charge in [-0.3, -0.25) is 20.2 Å². The van der Waals surface area contributed by atoms with Gasteiger partial charge in [-0.15, -0.1) is 0 Å². The highest BCUT2D eigenvalue weighted by atomic mass is 32.2. The van der Waals surface area contributed by atoms with E-state index >= 15 is 0 Å². The van der Waals surface area contributed by atoms with Crippen molar-refractivity contribution >= 4 is 23.1 Å². The van der Waals surface area contributed by atoms with Crippen molar-refractivity contribution in [3.63, 3.8) is 0 Å². The number of nitrogens with two attached hydrogens (primary N) is 1. The third kappa shape index (κ3) is 4.84. The lowest BCUT2D eigenvalue weighted by Gasteiger charge is -2.05. The molecule has 0 heterocycles. The molecule has 0 aliphatic rings. The molecular formula is C11H15N3O4S. The molecule has 0 aromatic heterocycles. The van der Waals surface area contributed by atoms with Crippen molar-refractivity contribution in [2.45, 2.75) is 25.1 Å². The summed E-state index contributed by atoms with van der Waals surface area (Å²) in [5.41, 5.74) is 5.62. The van der Waals surface area contributed by atoms with Gasteiger partial charge in [0.1, 0.15) is 0 Å². The molecule has 0 bridgehead atoms. The van der Waals surface area contributed by atoms with Crippen LogP contribution in [0.15, 0.2) is 18.2 Å². The van der Waals surface area contributed by atoms with Gasteiger partial charge in [0.15, 0.2) is 0 Å². The van der Waals surface area contributed by atoms with Gasteiger partial charge in [-0.05, 0) is 25.2 Å². The predicted molar refractivity (Wildman–Crippen MR) is 74.2 cm³/mol. The second-order valence-electron chi connectivity index (χ2n) is 4.15. The molecule has 104 valence electrons. The van der Waals surface area contributed by atoms with Gasteiger partial charge in [-0.25, -0.2) is 0 Å². The van der Waals surface area contributed by atoms with Crippen LogP contribution in [-0.2, 0) is 5.75 Å². The standard InChI is InChI=1S/C11H15N3O4S/c1-8(12)4-5-19-7-9-2-3-10(13(15)16)6-11(9)14(17)18/h2-3,6,8H,4-5,7,12H2,1H3. The molecule has 0 spiro atoms. The molecule has 0 saturated carbocycles. The normalized spacial score (nSPS) is 12.1. The van der Waals surface area contributed by atoms with E-state index < -0.39 is 9.85 Å². The Morgan fingerprint density at radius 2 is 2.00 bits per heavy atom. The number of hydrogen-bond acceptors (Lipinski definition) is 6. The van der Waals surface area contributed by atoms with Crippen LogP contribution >= 0.6 is 11.8 Å². The number of nitro benzene ring substituents is 2. The van der Waals surface area contributed by atoms with E-state index in [0.29, 0.717) is 11.3 Å². The van der Waals surface area contributed by atoms with Crippen LogP contribution in [0.5, 0.6) is 0 Å². The zero-order chi connectivity index (χ0) is 14.4. The van der Waals surface area contributed by atoms with Crippen molar-refractivity contribution in [3.8, 4) is 0 Å². The maximum atomic E-state index is 10.9. The Kier molecular flexibility index (Phi) is 5.71. The summed E-state index contributed by atoms with van der Waals surface area (Å²) in [4.78, 5) is 20.2. The molecule has 1 unspecified atom stereocenters. The van der Waals surface area contributed by atoms with Gasteiger partial charge in [-0.1, -0.05) is 0 Å². The van der Waals surface area contributed by atoms with Crippen LogP contribution in [0.3, 0.4) is 0 Å². The first-order valence-corrected chi connectivity index (χ1v) is 6.82.